The number of nitro benzene ring substituents is 1. The van der Waals surface area contributed by atoms with Crippen LogP contribution in [-0.4, -0.2) is 28.6 Å². The van der Waals surface area contributed by atoms with E-state index in [2.05, 4.69) is 9.97 Å². The molecule has 3 heterocycles. The summed E-state index contributed by atoms with van der Waals surface area (Å²) in [4.78, 5) is 42.7. The van der Waals surface area contributed by atoms with Crippen LogP contribution >= 0.6 is 0 Å². The molecular weight excluding hydrogens is 366 g/mol. The van der Waals surface area contributed by atoms with Crippen molar-refractivity contribution >= 4 is 16.9 Å². The van der Waals surface area contributed by atoms with Crippen LogP contribution in [0, 0.1) is 10.1 Å². The number of rotatable bonds is 4. The highest BCUT2D eigenvalue weighted by molar-refractivity contribution is 5.66. The summed E-state index contributed by atoms with van der Waals surface area (Å²) < 4.78 is 5.82. The predicted molar refractivity (Wildman–Crippen MR) is 98.3 cm³/mol. The zero-order valence-corrected chi connectivity index (χ0v) is 15.1. The molecule has 0 aliphatic rings. The van der Waals surface area contributed by atoms with E-state index in [1.165, 1.54) is 23.7 Å². The van der Waals surface area contributed by atoms with E-state index in [4.69, 9.17) is 0 Å². The molecule has 142 valence electrons. The summed E-state index contributed by atoms with van der Waals surface area (Å²) in [6.07, 6.45) is 4.87. The van der Waals surface area contributed by atoms with Crippen molar-refractivity contribution in [2.24, 2.45) is 14.1 Å². The molecule has 4 aromatic rings. The molecule has 0 bridgehead atoms. The van der Waals surface area contributed by atoms with E-state index >= 15 is 0 Å². The van der Waals surface area contributed by atoms with E-state index in [1.54, 1.807) is 47.0 Å². The lowest BCUT2D eigenvalue weighted by Crippen LogP contribution is -2.45. The number of aryl methyl sites for hydroxylation is 1. The molecule has 1 N–H and O–H groups in total. The molecule has 0 saturated carbocycles. The average Bonchev–Trinajstić information content (AvgIpc) is 3.33. The molecule has 28 heavy (non-hydrogen) atoms. The van der Waals surface area contributed by atoms with Crippen molar-refractivity contribution in [3.05, 3.63) is 79.5 Å². The monoisotopic (exact) mass is 382 g/mol. The zero-order chi connectivity index (χ0) is 20.0. The first-order valence-electron chi connectivity index (χ1n) is 8.31. The molecule has 0 spiro atoms. The molecule has 0 atom stereocenters. The molecule has 0 amide bonds. The van der Waals surface area contributed by atoms with Gasteiger partial charge in [0.15, 0.2) is 6.33 Å². The van der Waals surface area contributed by atoms with E-state index in [9.17, 15) is 19.7 Å². The van der Waals surface area contributed by atoms with Crippen molar-refractivity contribution in [2.45, 2.75) is 6.54 Å². The molecule has 0 aliphatic heterocycles. The van der Waals surface area contributed by atoms with Crippen LogP contribution in [0.2, 0.25) is 0 Å². The Labute approximate surface area is 156 Å². The van der Waals surface area contributed by atoms with Gasteiger partial charge in [0.05, 0.1) is 23.9 Å². The Balaban J connectivity index is 1.97. The topological polar surface area (TPSA) is 125 Å². The maximum absolute atomic E-state index is 12.8. The first kappa shape index (κ1) is 17.4. The zero-order valence-electron chi connectivity index (χ0n) is 15.1. The van der Waals surface area contributed by atoms with Crippen molar-refractivity contribution < 1.29 is 9.49 Å². The number of nitrogens with zero attached hydrogens (tertiary/aromatic N) is 6. The summed E-state index contributed by atoms with van der Waals surface area (Å²) in [6, 6.07) is 6.09. The van der Waals surface area contributed by atoms with Crippen LogP contribution in [0.4, 0.5) is 5.69 Å². The standard InChI is InChI=1S/C17H15N7O4/c1-20-14-13(15(25)21(2)17(20)26)23(16(19-14)22-8-7-18-10-22)9-11-3-5-12(6-4-11)24(27)28/h3-8,10H,9H2,1-2H3/p+1. The first-order chi connectivity index (χ1) is 13.4. The Bertz CT molecular complexity index is 1310. The second-order valence-electron chi connectivity index (χ2n) is 6.33. The maximum Gasteiger partial charge on any atom is 0.370 e. The van der Waals surface area contributed by atoms with Crippen molar-refractivity contribution in [1.82, 2.24) is 23.7 Å². The van der Waals surface area contributed by atoms with Crippen LogP contribution in [-0.2, 0) is 20.6 Å². The van der Waals surface area contributed by atoms with Crippen molar-refractivity contribution in [1.29, 1.82) is 0 Å². The van der Waals surface area contributed by atoms with Crippen LogP contribution in [0.15, 0.2) is 52.6 Å². The molecule has 0 unspecified atom stereocenters. The molecule has 4 rings (SSSR count). The highest BCUT2D eigenvalue weighted by Crippen LogP contribution is 2.13. The smallest absolute Gasteiger partial charge is 0.267 e. The van der Waals surface area contributed by atoms with Crippen LogP contribution < -0.4 is 15.8 Å². The van der Waals surface area contributed by atoms with E-state index in [0.29, 0.717) is 17.1 Å². The van der Waals surface area contributed by atoms with Crippen molar-refractivity contribution in [3.8, 4) is 5.95 Å². The SMILES string of the molecule is Cn1c(=O)c2c([nH]c(-n3ccnc3)[n+]2Cc2ccc([N+](=O)[O-])cc2)n(C)c1=O. The second kappa shape index (κ2) is 6.30. The summed E-state index contributed by atoms with van der Waals surface area (Å²) in [6.45, 7) is 0.263. The lowest BCUT2D eigenvalue weighted by Gasteiger charge is -2.05. The van der Waals surface area contributed by atoms with Gasteiger partial charge in [0.1, 0.15) is 0 Å². The van der Waals surface area contributed by atoms with Crippen LogP contribution in [0.3, 0.4) is 0 Å². The fraction of sp³-hybridized carbons (Fsp3) is 0.176. The number of nitrogens with one attached hydrogen (secondary N) is 1. The molecule has 11 nitrogen and oxygen atoms in total. The van der Waals surface area contributed by atoms with Crippen LogP contribution in [0.5, 0.6) is 0 Å². The molecular formula is C17H16N7O4+. The van der Waals surface area contributed by atoms with Crippen molar-refractivity contribution in [2.75, 3.05) is 0 Å². The summed E-state index contributed by atoms with van der Waals surface area (Å²) in [5, 5.41) is 10.9. The molecule has 3 aromatic heterocycles. The summed E-state index contributed by atoms with van der Waals surface area (Å²) in [7, 11) is 3.00. The first-order valence-corrected chi connectivity index (χ1v) is 8.31. The number of benzene rings is 1. The van der Waals surface area contributed by atoms with Crippen molar-refractivity contribution in [3.63, 3.8) is 0 Å². The number of non-ortho nitro benzene ring substituents is 1. The third kappa shape index (κ3) is 2.60. The van der Waals surface area contributed by atoms with E-state index < -0.39 is 16.2 Å². The lowest BCUT2D eigenvalue weighted by molar-refractivity contribution is -0.657. The van der Waals surface area contributed by atoms with Gasteiger partial charge in [-0.15, -0.1) is 0 Å². The summed E-state index contributed by atoms with van der Waals surface area (Å²) in [5.74, 6) is 0.532. The van der Waals surface area contributed by atoms with Gasteiger partial charge in [0, 0.05) is 26.2 Å². The third-order valence-corrected chi connectivity index (χ3v) is 4.63. The summed E-state index contributed by atoms with van der Waals surface area (Å²) in [5.41, 5.74) is 0.543. The molecule has 0 aliphatic carbocycles. The minimum atomic E-state index is -0.467. The highest BCUT2D eigenvalue weighted by Gasteiger charge is 2.26. The fourth-order valence-corrected chi connectivity index (χ4v) is 3.14. The molecule has 0 fully saturated rings. The maximum atomic E-state index is 12.8. The highest BCUT2D eigenvalue weighted by atomic mass is 16.6. The van der Waals surface area contributed by atoms with Gasteiger partial charge in [-0.2, -0.15) is 4.57 Å². The Morgan fingerprint density at radius 3 is 2.50 bits per heavy atom. The second-order valence-corrected chi connectivity index (χ2v) is 6.33. The number of aromatic amines is 1. The van der Waals surface area contributed by atoms with Gasteiger partial charge < -0.3 is 0 Å². The summed E-state index contributed by atoms with van der Waals surface area (Å²) >= 11 is 0. The van der Waals surface area contributed by atoms with Gasteiger partial charge in [-0.3, -0.25) is 24.0 Å². The predicted octanol–water partition coefficient (Wildman–Crippen LogP) is -0.00500. The average molecular weight is 382 g/mol. The number of imidazole rings is 2. The number of hydrogen-bond donors (Lipinski definition) is 1. The van der Waals surface area contributed by atoms with Gasteiger partial charge in [-0.25, -0.2) is 19.3 Å². The van der Waals surface area contributed by atoms with Gasteiger partial charge in [-0.1, -0.05) is 0 Å². The van der Waals surface area contributed by atoms with E-state index in [0.717, 1.165) is 10.1 Å². The number of H-pyrrole nitrogens is 1. The Morgan fingerprint density at radius 1 is 1.18 bits per heavy atom. The molecule has 11 heteroatoms. The quantitative estimate of drug-likeness (QED) is 0.302. The number of aromatic nitrogens is 6. The molecule has 0 radical (unpaired) electrons. The Hall–Kier alpha value is -4.02. The largest absolute Gasteiger partial charge is 0.370 e. The lowest BCUT2D eigenvalue weighted by atomic mass is 10.2. The number of fused-ring (bicyclic) bond motifs is 1. The van der Waals surface area contributed by atoms with Crippen LogP contribution in [0.25, 0.3) is 17.1 Å². The fourth-order valence-electron chi connectivity index (χ4n) is 3.14. The van der Waals surface area contributed by atoms with Gasteiger partial charge >= 0.3 is 11.6 Å². The normalized spacial score (nSPS) is 11.2. The van der Waals surface area contributed by atoms with Crippen LogP contribution in [0.1, 0.15) is 5.56 Å². The minimum Gasteiger partial charge on any atom is -0.267 e. The number of nitro groups is 1. The number of hydrogen-bond acceptors (Lipinski definition) is 5. The van der Waals surface area contributed by atoms with E-state index in [1.807, 2.05) is 0 Å². The Morgan fingerprint density at radius 2 is 1.89 bits per heavy atom. The van der Waals surface area contributed by atoms with Gasteiger partial charge in [0.2, 0.25) is 11.2 Å². The third-order valence-electron chi connectivity index (χ3n) is 4.63. The van der Waals surface area contributed by atoms with E-state index in [-0.39, 0.29) is 12.2 Å². The molecule has 0 saturated heterocycles. The Kier molecular flexibility index (Phi) is 3.91. The van der Waals surface area contributed by atoms with Gasteiger partial charge in [-0.05, 0) is 17.7 Å². The minimum absolute atomic E-state index is 0.0131. The van der Waals surface area contributed by atoms with Gasteiger partial charge in [0.25, 0.3) is 11.2 Å². The molecule has 1 aromatic carbocycles.